The average Bonchev–Trinajstić information content (AvgIpc) is 3.46. The molecule has 0 aliphatic heterocycles. The van der Waals surface area contributed by atoms with Gasteiger partial charge in [-0.15, -0.1) is 0 Å². The Morgan fingerprint density at radius 3 is 2.34 bits per heavy atom. The van der Waals surface area contributed by atoms with Crippen LogP contribution in [0.5, 0.6) is 0 Å². The summed E-state index contributed by atoms with van der Waals surface area (Å²) < 4.78 is 0. The van der Waals surface area contributed by atoms with E-state index in [2.05, 4.69) is 20.8 Å². The van der Waals surface area contributed by atoms with Gasteiger partial charge in [-0.25, -0.2) is 0 Å². The van der Waals surface area contributed by atoms with E-state index in [1.807, 2.05) is 0 Å². The van der Waals surface area contributed by atoms with Crippen LogP contribution in [0.15, 0.2) is 0 Å². The molecule has 9 atom stereocenters. The summed E-state index contributed by atoms with van der Waals surface area (Å²) in [5.74, 6) is 5.09. The zero-order valence-electron chi connectivity index (χ0n) is 19.3. The van der Waals surface area contributed by atoms with Crippen molar-refractivity contribution in [1.82, 2.24) is 0 Å². The Balaban J connectivity index is 1.25. The lowest BCUT2D eigenvalue weighted by Crippen LogP contribution is -2.55. The SMILES string of the molecule is C[C@]1(O)CC[C@@]2(C)[C@@H](CC[C@@H]3[C@@H]2CC[C@]2(C)[C@@H](CCCC(O)C4CC4)CC[C@@H]32)C1. The molecule has 29 heavy (non-hydrogen) atoms. The van der Waals surface area contributed by atoms with Gasteiger partial charge in [0, 0.05) is 0 Å². The van der Waals surface area contributed by atoms with Crippen molar-refractivity contribution in [1.29, 1.82) is 0 Å². The lowest BCUT2D eigenvalue weighted by Gasteiger charge is -2.62. The molecule has 2 heteroatoms. The molecule has 0 spiro atoms. The molecule has 2 nitrogen and oxygen atoms in total. The van der Waals surface area contributed by atoms with Crippen molar-refractivity contribution in [3.63, 3.8) is 0 Å². The molecule has 2 N–H and O–H groups in total. The highest BCUT2D eigenvalue weighted by Gasteiger charge is 2.60. The molecule has 5 rings (SSSR count). The molecule has 1 unspecified atom stereocenters. The van der Waals surface area contributed by atoms with E-state index in [0.717, 1.165) is 48.9 Å². The first-order valence-corrected chi connectivity index (χ1v) is 13.1. The van der Waals surface area contributed by atoms with Crippen LogP contribution in [0.3, 0.4) is 0 Å². The first-order chi connectivity index (χ1) is 13.7. The normalized spacial score (nSPS) is 53.1. The van der Waals surface area contributed by atoms with Crippen molar-refractivity contribution >= 4 is 0 Å². The molecule has 5 saturated carbocycles. The lowest BCUT2D eigenvalue weighted by atomic mass is 9.44. The van der Waals surface area contributed by atoms with Gasteiger partial charge >= 0.3 is 0 Å². The average molecular weight is 403 g/mol. The first-order valence-electron chi connectivity index (χ1n) is 13.1. The van der Waals surface area contributed by atoms with E-state index in [-0.39, 0.29) is 6.10 Å². The van der Waals surface area contributed by atoms with E-state index >= 15 is 0 Å². The molecule has 166 valence electrons. The second-order valence-corrected chi connectivity index (χ2v) is 13.0. The highest BCUT2D eigenvalue weighted by Crippen LogP contribution is 2.68. The molecular weight excluding hydrogens is 356 g/mol. The van der Waals surface area contributed by atoms with Crippen molar-refractivity contribution in [2.45, 2.75) is 122 Å². The van der Waals surface area contributed by atoms with Gasteiger partial charge in [-0.3, -0.25) is 0 Å². The van der Waals surface area contributed by atoms with E-state index in [0.29, 0.717) is 16.7 Å². The van der Waals surface area contributed by atoms with Gasteiger partial charge in [0.15, 0.2) is 0 Å². The van der Waals surface area contributed by atoms with Crippen LogP contribution in [0.1, 0.15) is 111 Å². The Hall–Kier alpha value is -0.0800. The van der Waals surface area contributed by atoms with Crippen LogP contribution in [0, 0.1) is 46.3 Å². The fourth-order valence-corrected chi connectivity index (χ4v) is 9.30. The van der Waals surface area contributed by atoms with Crippen LogP contribution >= 0.6 is 0 Å². The van der Waals surface area contributed by atoms with E-state index < -0.39 is 5.60 Å². The molecule has 0 bridgehead atoms. The number of aliphatic hydroxyl groups excluding tert-OH is 1. The summed E-state index contributed by atoms with van der Waals surface area (Å²) in [6.07, 6.45) is 18.0. The van der Waals surface area contributed by atoms with Gasteiger partial charge in [-0.1, -0.05) is 20.3 Å². The third-order valence-corrected chi connectivity index (χ3v) is 11.4. The van der Waals surface area contributed by atoms with Crippen LogP contribution < -0.4 is 0 Å². The monoisotopic (exact) mass is 402 g/mol. The second kappa shape index (κ2) is 7.22. The van der Waals surface area contributed by atoms with Gasteiger partial charge in [0.25, 0.3) is 0 Å². The van der Waals surface area contributed by atoms with Crippen molar-refractivity contribution in [2.24, 2.45) is 46.3 Å². The molecule has 0 heterocycles. The van der Waals surface area contributed by atoms with Crippen LogP contribution in [-0.4, -0.2) is 21.9 Å². The van der Waals surface area contributed by atoms with Gasteiger partial charge in [-0.2, -0.15) is 0 Å². The van der Waals surface area contributed by atoms with Crippen LogP contribution in [0.2, 0.25) is 0 Å². The summed E-state index contributed by atoms with van der Waals surface area (Å²) in [6, 6.07) is 0. The number of rotatable bonds is 5. The second-order valence-electron chi connectivity index (χ2n) is 13.0. The van der Waals surface area contributed by atoms with Crippen molar-refractivity contribution in [2.75, 3.05) is 0 Å². The van der Waals surface area contributed by atoms with Gasteiger partial charge in [0.05, 0.1) is 11.7 Å². The molecule has 0 aromatic rings. The van der Waals surface area contributed by atoms with Gasteiger partial charge < -0.3 is 10.2 Å². The summed E-state index contributed by atoms with van der Waals surface area (Å²) in [6.45, 7) is 7.35. The fourth-order valence-electron chi connectivity index (χ4n) is 9.30. The smallest absolute Gasteiger partial charge is 0.0622 e. The molecule has 0 aromatic heterocycles. The Morgan fingerprint density at radius 2 is 1.59 bits per heavy atom. The number of hydrogen-bond acceptors (Lipinski definition) is 2. The van der Waals surface area contributed by atoms with E-state index in [4.69, 9.17) is 0 Å². The first kappa shape index (κ1) is 20.8. The largest absolute Gasteiger partial charge is 0.393 e. The number of fused-ring (bicyclic) bond motifs is 5. The maximum absolute atomic E-state index is 10.7. The van der Waals surface area contributed by atoms with Crippen molar-refractivity contribution < 1.29 is 10.2 Å². The van der Waals surface area contributed by atoms with Crippen LogP contribution in [-0.2, 0) is 0 Å². The van der Waals surface area contributed by atoms with Crippen molar-refractivity contribution in [3.05, 3.63) is 0 Å². The van der Waals surface area contributed by atoms with Crippen LogP contribution in [0.4, 0.5) is 0 Å². The summed E-state index contributed by atoms with van der Waals surface area (Å²) in [5, 5.41) is 21.0. The third kappa shape index (κ3) is 3.53. The molecule has 5 aliphatic carbocycles. The summed E-state index contributed by atoms with van der Waals surface area (Å²) in [4.78, 5) is 0. The minimum atomic E-state index is -0.413. The zero-order chi connectivity index (χ0) is 20.4. The van der Waals surface area contributed by atoms with Gasteiger partial charge in [0.2, 0.25) is 0 Å². The van der Waals surface area contributed by atoms with E-state index in [1.165, 1.54) is 70.6 Å². The molecule has 0 saturated heterocycles. The van der Waals surface area contributed by atoms with Crippen molar-refractivity contribution in [3.8, 4) is 0 Å². The molecule has 0 aromatic carbocycles. The lowest BCUT2D eigenvalue weighted by molar-refractivity contribution is -0.146. The Kier molecular flexibility index (Phi) is 5.18. The highest BCUT2D eigenvalue weighted by molar-refractivity contribution is 5.10. The molecular formula is C27H46O2. The van der Waals surface area contributed by atoms with Crippen LogP contribution in [0.25, 0.3) is 0 Å². The Labute approximate surface area is 179 Å². The molecule has 5 aliphatic rings. The Morgan fingerprint density at radius 1 is 0.828 bits per heavy atom. The number of hydrogen-bond donors (Lipinski definition) is 2. The van der Waals surface area contributed by atoms with E-state index in [1.54, 1.807) is 0 Å². The molecule has 0 amide bonds. The predicted octanol–water partition coefficient (Wildman–Crippen LogP) is 6.34. The minimum absolute atomic E-state index is 0.00511. The standard InChI is InChI=1S/C27H46O2/c1-25(29)15-16-27(3)20(17-25)9-11-21-22-12-10-19(26(22,2)14-13-23(21)27)5-4-6-24(28)18-7-8-18/h18-24,28-29H,4-17H2,1-3H3/t19-,20-,21-,22-,23-,24?,25-,26+,27-/m0/s1. The summed E-state index contributed by atoms with van der Waals surface area (Å²) in [5.41, 5.74) is 0.637. The van der Waals surface area contributed by atoms with E-state index in [9.17, 15) is 10.2 Å². The quantitative estimate of drug-likeness (QED) is 0.563. The topological polar surface area (TPSA) is 40.5 Å². The fraction of sp³-hybridized carbons (Fsp3) is 1.00. The molecule has 5 fully saturated rings. The Bertz CT molecular complexity index is 610. The molecule has 0 radical (unpaired) electrons. The summed E-state index contributed by atoms with van der Waals surface area (Å²) >= 11 is 0. The number of aliphatic hydroxyl groups is 2. The van der Waals surface area contributed by atoms with Gasteiger partial charge in [-0.05, 0) is 137 Å². The minimum Gasteiger partial charge on any atom is -0.393 e. The zero-order valence-corrected chi connectivity index (χ0v) is 19.3. The maximum Gasteiger partial charge on any atom is 0.0622 e. The highest BCUT2D eigenvalue weighted by atomic mass is 16.3. The maximum atomic E-state index is 10.7. The predicted molar refractivity (Wildman–Crippen MR) is 118 cm³/mol. The summed E-state index contributed by atoms with van der Waals surface area (Å²) in [7, 11) is 0. The third-order valence-electron chi connectivity index (χ3n) is 11.4. The van der Waals surface area contributed by atoms with Gasteiger partial charge in [0.1, 0.15) is 0 Å².